The van der Waals surface area contributed by atoms with Crippen LogP contribution in [0.4, 0.5) is 18.9 Å². The molecule has 1 heterocycles. The molecular weight excluding hydrogens is 345 g/mol. The number of hydrogen-bond acceptors (Lipinski definition) is 3. The fourth-order valence-electron chi connectivity index (χ4n) is 2.85. The van der Waals surface area contributed by atoms with Crippen LogP contribution in [0.15, 0.2) is 48.5 Å². The van der Waals surface area contributed by atoms with Crippen molar-refractivity contribution >= 4 is 11.6 Å². The molecule has 0 fully saturated rings. The van der Waals surface area contributed by atoms with Crippen LogP contribution in [0.3, 0.4) is 0 Å². The molecule has 0 unspecified atom stereocenters. The molecule has 1 amide bonds. The number of nitrogens with zero attached hydrogens (tertiary/aromatic N) is 1. The molecule has 0 saturated heterocycles. The normalized spacial score (nSPS) is 16.5. The van der Waals surface area contributed by atoms with Crippen molar-refractivity contribution < 1.29 is 22.7 Å². The average Bonchev–Trinajstić information content (AvgIpc) is 2.61. The minimum atomic E-state index is -4.55. The van der Waals surface area contributed by atoms with E-state index in [-0.39, 0.29) is 12.2 Å². The number of nitrogens with one attached hydrogen (secondary N) is 1. The van der Waals surface area contributed by atoms with Crippen molar-refractivity contribution in [3.05, 3.63) is 59.7 Å². The molecule has 0 spiro atoms. The molecule has 1 N–H and O–H groups in total. The molecule has 0 radical (unpaired) electrons. The van der Waals surface area contributed by atoms with Crippen molar-refractivity contribution in [3.63, 3.8) is 0 Å². The fraction of sp³-hybridized carbons (Fsp3) is 0.211. The second-order valence-electron chi connectivity index (χ2n) is 5.67. The summed E-state index contributed by atoms with van der Waals surface area (Å²) in [5.74, 6) is 1.94. The van der Waals surface area contributed by atoms with Gasteiger partial charge in [0, 0.05) is 11.3 Å². The number of carbonyl (C=O) groups excluding carboxylic acids is 1. The van der Waals surface area contributed by atoms with Crippen molar-refractivity contribution in [2.45, 2.75) is 12.3 Å². The molecule has 1 aliphatic heterocycles. The van der Waals surface area contributed by atoms with Gasteiger partial charge in [0.2, 0.25) is 0 Å². The third-order valence-corrected chi connectivity index (χ3v) is 3.90. The van der Waals surface area contributed by atoms with E-state index in [1.165, 1.54) is 6.07 Å². The Kier molecular flexibility index (Phi) is 4.76. The van der Waals surface area contributed by atoms with E-state index in [1.807, 2.05) is 0 Å². The Hall–Kier alpha value is -3.14. The molecule has 2 aromatic carbocycles. The first-order valence-electron chi connectivity index (χ1n) is 7.79. The number of para-hydroxylation sites is 2. The number of rotatable bonds is 4. The number of halogens is 3. The molecule has 4 nitrogen and oxygen atoms in total. The molecular formula is C19H15F3N2O2. The Labute approximate surface area is 148 Å². The summed E-state index contributed by atoms with van der Waals surface area (Å²) in [4.78, 5) is 13.5. The Morgan fingerprint density at radius 1 is 1.15 bits per heavy atom. The topological polar surface area (TPSA) is 41.6 Å². The molecule has 2 aromatic rings. The van der Waals surface area contributed by atoms with Crippen molar-refractivity contribution in [3.8, 4) is 18.1 Å². The van der Waals surface area contributed by atoms with Gasteiger partial charge in [-0.2, -0.15) is 13.2 Å². The minimum Gasteiger partial charge on any atom is -0.481 e. The first-order valence-corrected chi connectivity index (χ1v) is 7.79. The zero-order valence-electron chi connectivity index (χ0n) is 13.6. The lowest BCUT2D eigenvalue weighted by atomic mass is 10.0. The Bertz CT molecular complexity index is 858. The highest BCUT2D eigenvalue weighted by molar-refractivity contribution is 6.01. The van der Waals surface area contributed by atoms with Gasteiger partial charge in [-0.15, -0.1) is 6.42 Å². The summed E-state index contributed by atoms with van der Waals surface area (Å²) in [6.45, 7) is -1.42. The zero-order chi connectivity index (χ0) is 18.7. The van der Waals surface area contributed by atoms with Crippen LogP contribution >= 0.6 is 0 Å². The molecule has 0 saturated carbocycles. The summed E-state index contributed by atoms with van der Waals surface area (Å²) in [6, 6.07) is 13.0. The van der Waals surface area contributed by atoms with E-state index in [4.69, 9.17) is 11.2 Å². The number of hydrogen-bond donors (Lipinski definition) is 1. The Balaban J connectivity index is 2.06. The van der Waals surface area contributed by atoms with Gasteiger partial charge in [0.05, 0.1) is 5.56 Å². The maximum absolute atomic E-state index is 13.1. The van der Waals surface area contributed by atoms with Crippen LogP contribution in [-0.4, -0.2) is 30.1 Å². The summed E-state index contributed by atoms with van der Waals surface area (Å²) in [5, 5.41) is 3.01. The van der Waals surface area contributed by atoms with Crippen LogP contribution in [0.5, 0.6) is 5.75 Å². The average molecular weight is 360 g/mol. The maximum atomic E-state index is 13.1. The smallest absolute Gasteiger partial charge is 0.406 e. The van der Waals surface area contributed by atoms with Crippen molar-refractivity contribution in [2.24, 2.45) is 0 Å². The predicted molar refractivity (Wildman–Crippen MR) is 90.7 cm³/mol. The van der Waals surface area contributed by atoms with Crippen LogP contribution in [0.1, 0.15) is 22.1 Å². The lowest BCUT2D eigenvalue weighted by Crippen LogP contribution is -2.47. The third kappa shape index (κ3) is 3.59. The number of ether oxygens (including phenoxy) is 1. The highest BCUT2D eigenvalue weighted by atomic mass is 19.4. The SMILES string of the molecule is C#CCOc1ccccc1[C@H]1Nc2ccccc2C(=O)N1CC(F)(F)F. The summed E-state index contributed by atoms with van der Waals surface area (Å²) in [5.41, 5.74) is 1.05. The van der Waals surface area contributed by atoms with E-state index in [9.17, 15) is 18.0 Å². The fourth-order valence-corrected chi connectivity index (χ4v) is 2.85. The number of carbonyl (C=O) groups is 1. The predicted octanol–water partition coefficient (Wildman–Crippen LogP) is 3.83. The summed E-state index contributed by atoms with van der Waals surface area (Å²) in [6.07, 6.45) is -0.383. The van der Waals surface area contributed by atoms with E-state index in [0.717, 1.165) is 4.90 Å². The molecule has 1 atom stereocenters. The van der Waals surface area contributed by atoms with E-state index >= 15 is 0 Å². The van der Waals surface area contributed by atoms with Gasteiger partial charge in [-0.05, 0) is 18.2 Å². The standard InChI is InChI=1S/C19H15F3N2O2/c1-2-11-26-16-10-6-4-8-14(16)17-23-15-9-5-3-7-13(15)18(25)24(17)12-19(20,21)22/h1,3-10,17,23H,11-12H2/t17-/m0/s1. The van der Waals surface area contributed by atoms with E-state index in [1.54, 1.807) is 42.5 Å². The van der Waals surface area contributed by atoms with E-state index in [2.05, 4.69) is 11.2 Å². The molecule has 7 heteroatoms. The number of alkyl halides is 3. The van der Waals surface area contributed by atoms with Gasteiger partial charge >= 0.3 is 6.18 Å². The Morgan fingerprint density at radius 2 is 1.85 bits per heavy atom. The molecule has 26 heavy (non-hydrogen) atoms. The van der Waals surface area contributed by atoms with Gasteiger partial charge in [0.25, 0.3) is 5.91 Å². The van der Waals surface area contributed by atoms with Crippen molar-refractivity contribution in [2.75, 3.05) is 18.5 Å². The first kappa shape index (κ1) is 17.7. The largest absolute Gasteiger partial charge is 0.481 e. The molecule has 0 bridgehead atoms. The van der Waals surface area contributed by atoms with Gasteiger partial charge in [0.1, 0.15) is 25.1 Å². The van der Waals surface area contributed by atoms with Crippen LogP contribution in [0.25, 0.3) is 0 Å². The molecule has 134 valence electrons. The van der Waals surface area contributed by atoms with Crippen molar-refractivity contribution in [1.29, 1.82) is 0 Å². The van der Waals surface area contributed by atoms with Crippen LogP contribution in [0, 0.1) is 12.3 Å². The number of benzene rings is 2. The maximum Gasteiger partial charge on any atom is 0.406 e. The van der Waals surface area contributed by atoms with Crippen LogP contribution in [0.2, 0.25) is 0 Å². The van der Waals surface area contributed by atoms with E-state index < -0.39 is 24.8 Å². The van der Waals surface area contributed by atoms with E-state index in [0.29, 0.717) is 17.0 Å². The molecule has 0 aromatic heterocycles. The zero-order valence-corrected chi connectivity index (χ0v) is 13.6. The lowest BCUT2D eigenvalue weighted by molar-refractivity contribution is -0.144. The molecule has 1 aliphatic rings. The monoisotopic (exact) mass is 360 g/mol. The quantitative estimate of drug-likeness (QED) is 0.843. The van der Waals surface area contributed by atoms with Crippen LogP contribution in [-0.2, 0) is 0 Å². The van der Waals surface area contributed by atoms with Gasteiger partial charge in [-0.3, -0.25) is 4.79 Å². The van der Waals surface area contributed by atoms with Crippen molar-refractivity contribution in [1.82, 2.24) is 4.90 Å². The summed E-state index contributed by atoms with van der Waals surface area (Å²) in [7, 11) is 0. The van der Waals surface area contributed by atoms with Gasteiger partial charge in [-0.25, -0.2) is 0 Å². The first-order chi connectivity index (χ1) is 12.4. The lowest BCUT2D eigenvalue weighted by Gasteiger charge is -2.38. The van der Waals surface area contributed by atoms with Gasteiger partial charge < -0.3 is 15.0 Å². The summed E-state index contributed by atoms with van der Waals surface area (Å²) < 4.78 is 44.8. The molecule has 0 aliphatic carbocycles. The van der Waals surface area contributed by atoms with Crippen LogP contribution < -0.4 is 10.1 Å². The Morgan fingerprint density at radius 3 is 2.58 bits per heavy atom. The number of terminal acetylenes is 1. The summed E-state index contributed by atoms with van der Waals surface area (Å²) >= 11 is 0. The highest BCUT2D eigenvalue weighted by Gasteiger charge is 2.41. The number of anilines is 1. The minimum absolute atomic E-state index is 0.0342. The third-order valence-electron chi connectivity index (χ3n) is 3.90. The highest BCUT2D eigenvalue weighted by Crippen LogP contribution is 2.38. The number of fused-ring (bicyclic) bond motifs is 1. The van der Waals surface area contributed by atoms with Gasteiger partial charge in [0.15, 0.2) is 0 Å². The second kappa shape index (κ2) is 7.00. The number of amides is 1. The molecule has 3 rings (SSSR count). The second-order valence-corrected chi connectivity index (χ2v) is 5.67. The van der Waals surface area contributed by atoms with Gasteiger partial charge in [-0.1, -0.05) is 36.3 Å².